The zero-order valence-electron chi connectivity index (χ0n) is 11.9. The lowest BCUT2D eigenvalue weighted by atomic mass is 10.1. The van der Waals surface area contributed by atoms with Gasteiger partial charge in [-0.15, -0.1) is 0 Å². The van der Waals surface area contributed by atoms with E-state index < -0.39 is 0 Å². The number of nitrogens with zero attached hydrogens (tertiary/aromatic N) is 2. The Hall–Kier alpha value is -1.03. The monoisotopic (exact) mass is 285 g/mol. The first-order valence-electron chi connectivity index (χ1n) is 7.20. The number of aromatic nitrogens is 2. The van der Waals surface area contributed by atoms with Gasteiger partial charge in [-0.2, -0.15) is 5.10 Å². The molecule has 0 aliphatic carbocycles. The number of aryl methyl sites for hydroxylation is 1. The highest BCUT2D eigenvalue weighted by Gasteiger charge is 2.07. The van der Waals surface area contributed by atoms with Crippen LogP contribution in [0.3, 0.4) is 0 Å². The second-order valence-corrected chi connectivity index (χ2v) is 5.07. The molecule has 0 aliphatic heterocycles. The van der Waals surface area contributed by atoms with Crippen molar-refractivity contribution in [2.45, 2.75) is 58.9 Å². The van der Waals surface area contributed by atoms with Crippen LogP contribution in [0.5, 0.6) is 0 Å². The smallest absolute Gasteiger partial charge is 0.287 e. The third-order valence-corrected chi connectivity index (χ3v) is 3.50. The van der Waals surface area contributed by atoms with Gasteiger partial charge >= 0.3 is 0 Å². The Balaban J connectivity index is 2.34. The zero-order valence-corrected chi connectivity index (χ0v) is 12.7. The standard InChI is InChI=1S/C14H24ClN3O/c1-3-5-6-7-8-9-10-16-12-11-17-18(4-2)14(19)13(12)15/h11,16H,3-10H2,1-2H3. The first-order valence-corrected chi connectivity index (χ1v) is 7.58. The van der Waals surface area contributed by atoms with Gasteiger partial charge in [0.15, 0.2) is 0 Å². The maximum absolute atomic E-state index is 11.8. The number of hydrogen-bond acceptors (Lipinski definition) is 3. The van der Waals surface area contributed by atoms with Crippen LogP contribution in [0, 0.1) is 0 Å². The molecule has 0 amide bonds. The molecule has 108 valence electrons. The summed E-state index contributed by atoms with van der Waals surface area (Å²) in [5, 5.41) is 7.48. The average molecular weight is 286 g/mol. The zero-order chi connectivity index (χ0) is 14.1. The summed E-state index contributed by atoms with van der Waals surface area (Å²) in [6.07, 6.45) is 9.11. The molecular formula is C14H24ClN3O. The molecule has 0 spiro atoms. The van der Waals surface area contributed by atoms with Crippen LogP contribution in [0.4, 0.5) is 5.69 Å². The van der Waals surface area contributed by atoms with Crippen LogP contribution in [0.1, 0.15) is 52.4 Å². The van der Waals surface area contributed by atoms with Crippen LogP contribution >= 0.6 is 11.6 Å². The number of rotatable bonds is 9. The van der Waals surface area contributed by atoms with Crippen molar-refractivity contribution in [1.82, 2.24) is 9.78 Å². The highest BCUT2D eigenvalue weighted by molar-refractivity contribution is 6.32. The second-order valence-electron chi connectivity index (χ2n) is 4.69. The molecule has 0 fully saturated rings. The van der Waals surface area contributed by atoms with Crippen LogP contribution in [0.2, 0.25) is 5.02 Å². The fourth-order valence-electron chi connectivity index (χ4n) is 1.94. The van der Waals surface area contributed by atoms with Crippen LogP contribution < -0.4 is 10.9 Å². The van der Waals surface area contributed by atoms with E-state index in [4.69, 9.17) is 11.6 Å². The van der Waals surface area contributed by atoms with Gasteiger partial charge in [-0.3, -0.25) is 4.79 Å². The lowest BCUT2D eigenvalue weighted by Gasteiger charge is -2.09. The van der Waals surface area contributed by atoms with Crippen molar-refractivity contribution in [3.63, 3.8) is 0 Å². The molecule has 0 aliphatic rings. The molecule has 0 aromatic carbocycles. The van der Waals surface area contributed by atoms with Crippen molar-refractivity contribution >= 4 is 17.3 Å². The Morgan fingerprint density at radius 2 is 1.89 bits per heavy atom. The number of nitrogens with one attached hydrogen (secondary N) is 1. The molecule has 0 atom stereocenters. The molecule has 0 saturated heterocycles. The highest BCUT2D eigenvalue weighted by atomic mass is 35.5. The van der Waals surface area contributed by atoms with Gasteiger partial charge < -0.3 is 5.32 Å². The number of unbranched alkanes of at least 4 members (excludes halogenated alkanes) is 5. The molecule has 5 heteroatoms. The van der Waals surface area contributed by atoms with Gasteiger partial charge in [0, 0.05) is 13.1 Å². The Kier molecular flexibility index (Phi) is 7.56. The molecule has 1 N–H and O–H groups in total. The van der Waals surface area contributed by atoms with Crippen molar-refractivity contribution < 1.29 is 0 Å². The molecule has 1 aromatic rings. The van der Waals surface area contributed by atoms with Gasteiger partial charge in [-0.25, -0.2) is 4.68 Å². The van der Waals surface area contributed by atoms with Crippen LogP contribution in [-0.2, 0) is 6.54 Å². The summed E-state index contributed by atoms with van der Waals surface area (Å²) < 4.78 is 1.36. The molecule has 1 heterocycles. The van der Waals surface area contributed by atoms with Crippen molar-refractivity contribution in [2.24, 2.45) is 0 Å². The van der Waals surface area contributed by atoms with Crippen molar-refractivity contribution in [1.29, 1.82) is 0 Å². The van der Waals surface area contributed by atoms with Crippen molar-refractivity contribution in [3.8, 4) is 0 Å². The Labute approximate surface area is 120 Å². The average Bonchev–Trinajstić information content (AvgIpc) is 2.42. The summed E-state index contributed by atoms with van der Waals surface area (Å²) in [7, 11) is 0. The van der Waals surface area contributed by atoms with Gasteiger partial charge in [0.25, 0.3) is 5.56 Å². The molecule has 1 rings (SSSR count). The van der Waals surface area contributed by atoms with Gasteiger partial charge in [0.1, 0.15) is 5.02 Å². The molecule has 0 bridgehead atoms. The third kappa shape index (κ3) is 5.23. The highest BCUT2D eigenvalue weighted by Crippen LogP contribution is 2.15. The summed E-state index contributed by atoms with van der Waals surface area (Å²) >= 11 is 6.02. The Morgan fingerprint density at radius 3 is 2.58 bits per heavy atom. The normalized spacial score (nSPS) is 10.7. The van der Waals surface area contributed by atoms with Crippen LogP contribution in [0.15, 0.2) is 11.0 Å². The van der Waals surface area contributed by atoms with Gasteiger partial charge in [-0.1, -0.05) is 50.6 Å². The van der Waals surface area contributed by atoms with Crippen LogP contribution in [0.25, 0.3) is 0 Å². The summed E-state index contributed by atoms with van der Waals surface area (Å²) in [5.41, 5.74) is 0.419. The predicted molar refractivity (Wildman–Crippen MR) is 81.0 cm³/mol. The first-order chi connectivity index (χ1) is 9.20. The summed E-state index contributed by atoms with van der Waals surface area (Å²) in [6.45, 7) is 5.46. The van der Waals surface area contributed by atoms with Crippen molar-refractivity contribution in [2.75, 3.05) is 11.9 Å². The Bertz CT molecular complexity index is 431. The minimum atomic E-state index is -0.225. The van der Waals surface area contributed by atoms with E-state index in [1.165, 1.54) is 36.8 Å². The molecule has 19 heavy (non-hydrogen) atoms. The van der Waals surface area contributed by atoms with Gasteiger partial charge in [0.2, 0.25) is 0 Å². The summed E-state index contributed by atoms with van der Waals surface area (Å²) in [5.74, 6) is 0. The lowest BCUT2D eigenvalue weighted by molar-refractivity contribution is 0.611. The molecule has 0 unspecified atom stereocenters. The number of halogens is 1. The molecule has 4 nitrogen and oxygen atoms in total. The SMILES string of the molecule is CCCCCCCCNc1cnn(CC)c(=O)c1Cl. The van der Waals surface area contributed by atoms with E-state index in [0.717, 1.165) is 13.0 Å². The minimum absolute atomic E-state index is 0.225. The largest absolute Gasteiger partial charge is 0.382 e. The predicted octanol–water partition coefficient (Wildman–Crippen LogP) is 3.69. The van der Waals surface area contributed by atoms with E-state index in [-0.39, 0.29) is 10.6 Å². The van der Waals surface area contributed by atoms with E-state index in [0.29, 0.717) is 12.2 Å². The molecule has 1 aromatic heterocycles. The van der Waals surface area contributed by atoms with Crippen LogP contribution in [-0.4, -0.2) is 16.3 Å². The maximum atomic E-state index is 11.8. The van der Waals surface area contributed by atoms with E-state index >= 15 is 0 Å². The fourth-order valence-corrected chi connectivity index (χ4v) is 2.16. The van der Waals surface area contributed by atoms with Gasteiger partial charge in [-0.05, 0) is 13.3 Å². The summed E-state index contributed by atoms with van der Waals surface area (Å²) in [6, 6.07) is 0. The molecular weight excluding hydrogens is 262 g/mol. The minimum Gasteiger partial charge on any atom is -0.382 e. The topological polar surface area (TPSA) is 46.9 Å². The quantitative estimate of drug-likeness (QED) is 0.704. The van der Waals surface area contributed by atoms with E-state index in [9.17, 15) is 4.79 Å². The van der Waals surface area contributed by atoms with E-state index in [1.54, 1.807) is 6.20 Å². The molecule has 0 saturated carbocycles. The number of hydrogen-bond donors (Lipinski definition) is 1. The first kappa shape index (κ1) is 16.0. The molecule has 0 radical (unpaired) electrons. The second kappa shape index (κ2) is 8.97. The fraction of sp³-hybridized carbons (Fsp3) is 0.714. The Morgan fingerprint density at radius 1 is 1.21 bits per heavy atom. The van der Waals surface area contributed by atoms with Crippen molar-refractivity contribution in [3.05, 3.63) is 21.6 Å². The maximum Gasteiger partial charge on any atom is 0.287 e. The van der Waals surface area contributed by atoms with E-state index in [2.05, 4.69) is 17.3 Å². The van der Waals surface area contributed by atoms with Gasteiger partial charge in [0.05, 0.1) is 11.9 Å². The lowest BCUT2D eigenvalue weighted by Crippen LogP contribution is -2.23. The van der Waals surface area contributed by atoms with E-state index in [1.807, 2.05) is 6.92 Å². The third-order valence-electron chi connectivity index (χ3n) is 3.13. The number of anilines is 1. The summed E-state index contributed by atoms with van der Waals surface area (Å²) in [4.78, 5) is 11.8.